The molecule has 0 amide bonds. The Morgan fingerprint density at radius 3 is 2.15 bits per heavy atom. The first kappa shape index (κ1) is 22.7. The minimum Gasteiger partial charge on any atom is -0.477 e. The van der Waals surface area contributed by atoms with Crippen molar-refractivity contribution in [3.8, 4) is 5.75 Å². The number of Topliss-reactive ketones (excluding diaryl/α,β-unsaturated/α-hetero) is 1. The predicted octanol–water partition coefficient (Wildman–Crippen LogP) is 5.68. The Morgan fingerprint density at radius 2 is 1.62 bits per heavy atom. The van der Waals surface area contributed by atoms with Crippen LogP contribution in [-0.4, -0.2) is 22.6 Å². The standard InChI is InChI=1S/C23H37O3/c1-5-7-9-10-11-12-13-21-14-16-22(17-15-21)26-23(19(3)24,20(4)25)18-8-6-2/h14-17,19,24H,3,5-13,18H2,1-2,4H3. The van der Waals surface area contributed by atoms with E-state index in [4.69, 9.17) is 4.74 Å². The highest BCUT2D eigenvalue weighted by Gasteiger charge is 2.42. The third-order valence-electron chi connectivity index (χ3n) is 5.08. The average molecular weight is 362 g/mol. The largest absolute Gasteiger partial charge is 0.477 e. The lowest BCUT2D eigenvalue weighted by molar-refractivity contribution is -0.141. The molecule has 1 radical (unpaired) electrons. The second kappa shape index (κ2) is 12.1. The van der Waals surface area contributed by atoms with E-state index in [-0.39, 0.29) is 5.78 Å². The van der Waals surface area contributed by atoms with Crippen LogP contribution in [-0.2, 0) is 11.2 Å². The van der Waals surface area contributed by atoms with E-state index in [9.17, 15) is 9.90 Å². The van der Waals surface area contributed by atoms with Crippen molar-refractivity contribution in [2.75, 3.05) is 0 Å². The maximum Gasteiger partial charge on any atom is 0.192 e. The second-order valence-electron chi connectivity index (χ2n) is 7.33. The van der Waals surface area contributed by atoms with E-state index in [1.807, 2.05) is 12.1 Å². The van der Waals surface area contributed by atoms with Crippen LogP contribution in [0.3, 0.4) is 0 Å². The lowest BCUT2D eigenvalue weighted by atomic mass is 9.87. The van der Waals surface area contributed by atoms with E-state index in [2.05, 4.69) is 32.9 Å². The Hall–Kier alpha value is -1.35. The number of benzene rings is 1. The second-order valence-corrected chi connectivity index (χ2v) is 7.33. The third kappa shape index (κ3) is 7.11. The van der Waals surface area contributed by atoms with E-state index in [0.29, 0.717) is 12.2 Å². The smallest absolute Gasteiger partial charge is 0.192 e. The number of hydrogen-bond acceptors (Lipinski definition) is 3. The first-order valence-corrected chi connectivity index (χ1v) is 10.3. The van der Waals surface area contributed by atoms with Crippen molar-refractivity contribution in [2.45, 2.75) is 96.7 Å². The number of rotatable bonds is 14. The van der Waals surface area contributed by atoms with Gasteiger partial charge in [0.1, 0.15) is 11.9 Å². The fourth-order valence-electron chi connectivity index (χ4n) is 3.25. The van der Waals surface area contributed by atoms with E-state index in [1.54, 1.807) is 0 Å². The molecule has 0 bridgehead atoms. The third-order valence-corrected chi connectivity index (χ3v) is 5.08. The summed E-state index contributed by atoms with van der Waals surface area (Å²) in [7, 11) is 0. The molecule has 26 heavy (non-hydrogen) atoms. The summed E-state index contributed by atoms with van der Waals surface area (Å²) in [5.74, 6) is 0.440. The van der Waals surface area contributed by atoms with Crippen molar-refractivity contribution < 1.29 is 14.6 Å². The van der Waals surface area contributed by atoms with Crippen LogP contribution in [0.4, 0.5) is 0 Å². The molecule has 0 heterocycles. The van der Waals surface area contributed by atoms with Gasteiger partial charge in [0.2, 0.25) is 0 Å². The zero-order valence-corrected chi connectivity index (χ0v) is 16.9. The minimum atomic E-state index is -1.25. The average Bonchev–Trinajstić information content (AvgIpc) is 2.62. The maximum atomic E-state index is 12.2. The number of carbonyl (C=O) groups excluding carboxylic acids is 1. The van der Waals surface area contributed by atoms with Gasteiger partial charge in [-0.15, -0.1) is 0 Å². The van der Waals surface area contributed by atoms with Crippen LogP contribution >= 0.6 is 0 Å². The lowest BCUT2D eigenvalue weighted by Crippen LogP contribution is -2.52. The highest BCUT2D eigenvalue weighted by atomic mass is 16.5. The molecule has 1 aromatic carbocycles. The highest BCUT2D eigenvalue weighted by Crippen LogP contribution is 2.28. The topological polar surface area (TPSA) is 46.5 Å². The summed E-state index contributed by atoms with van der Waals surface area (Å²) in [6, 6.07) is 7.92. The Labute approximate surface area is 160 Å². The van der Waals surface area contributed by atoms with Crippen LogP contribution in [0.1, 0.15) is 84.1 Å². The number of carbonyl (C=O) groups is 1. The van der Waals surface area contributed by atoms with E-state index < -0.39 is 11.7 Å². The zero-order valence-electron chi connectivity index (χ0n) is 16.9. The van der Waals surface area contributed by atoms with Gasteiger partial charge in [0.05, 0.1) is 0 Å². The van der Waals surface area contributed by atoms with Gasteiger partial charge in [-0.25, -0.2) is 0 Å². The van der Waals surface area contributed by atoms with Gasteiger partial charge in [-0.1, -0.05) is 64.5 Å². The van der Waals surface area contributed by atoms with E-state index in [0.717, 1.165) is 19.3 Å². The van der Waals surface area contributed by atoms with Crippen molar-refractivity contribution in [1.29, 1.82) is 0 Å². The van der Waals surface area contributed by atoms with Gasteiger partial charge in [-0.3, -0.25) is 4.79 Å². The number of unbranched alkanes of at least 4 members (excludes halogenated alkanes) is 6. The summed E-state index contributed by atoms with van der Waals surface area (Å²) in [6.07, 6.45) is 9.94. The van der Waals surface area contributed by atoms with Gasteiger partial charge in [0, 0.05) is 0 Å². The Bertz CT molecular complexity index is 507. The van der Waals surface area contributed by atoms with Crippen molar-refractivity contribution in [1.82, 2.24) is 0 Å². The van der Waals surface area contributed by atoms with Crippen molar-refractivity contribution in [2.24, 2.45) is 0 Å². The van der Waals surface area contributed by atoms with Crippen molar-refractivity contribution in [3.05, 3.63) is 36.8 Å². The molecule has 0 aliphatic rings. The van der Waals surface area contributed by atoms with Crippen LogP contribution < -0.4 is 4.74 Å². The molecule has 1 N–H and O–H groups in total. The summed E-state index contributed by atoms with van der Waals surface area (Å²) >= 11 is 0. The van der Waals surface area contributed by atoms with Crippen LogP contribution in [0.15, 0.2) is 24.3 Å². The van der Waals surface area contributed by atoms with Gasteiger partial charge in [-0.2, -0.15) is 0 Å². The molecular weight excluding hydrogens is 324 g/mol. The first-order chi connectivity index (χ1) is 12.5. The predicted molar refractivity (Wildman–Crippen MR) is 108 cm³/mol. The van der Waals surface area contributed by atoms with Crippen LogP contribution in [0, 0.1) is 6.92 Å². The Morgan fingerprint density at radius 1 is 1.04 bits per heavy atom. The summed E-state index contributed by atoms with van der Waals surface area (Å²) in [4.78, 5) is 12.2. The van der Waals surface area contributed by atoms with Gasteiger partial charge >= 0.3 is 0 Å². The number of ketones is 1. The van der Waals surface area contributed by atoms with Crippen LogP contribution in [0.5, 0.6) is 5.75 Å². The quantitative estimate of drug-likeness (QED) is 0.434. The summed E-state index contributed by atoms with van der Waals surface area (Å²) in [6.45, 7) is 9.44. The van der Waals surface area contributed by atoms with Crippen molar-refractivity contribution in [3.63, 3.8) is 0 Å². The molecule has 0 saturated carbocycles. The molecule has 2 unspecified atom stereocenters. The number of hydrogen-bond donors (Lipinski definition) is 1. The molecule has 147 valence electrons. The molecule has 3 nitrogen and oxygen atoms in total. The molecule has 0 aromatic heterocycles. The van der Waals surface area contributed by atoms with E-state index in [1.165, 1.54) is 51.0 Å². The van der Waals surface area contributed by atoms with Gasteiger partial charge in [0.25, 0.3) is 0 Å². The minimum absolute atomic E-state index is 0.176. The fraction of sp³-hybridized carbons (Fsp3) is 0.652. The normalized spacial score (nSPS) is 14.7. The van der Waals surface area contributed by atoms with Gasteiger partial charge in [-0.05, 0) is 57.2 Å². The summed E-state index contributed by atoms with van der Waals surface area (Å²) in [5, 5.41) is 10.1. The highest BCUT2D eigenvalue weighted by molar-refractivity contribution is 5.86. The molecule has 1 rings (SSSR count). The van der Waals surface area contributed by atoms with E-state index >= 15 is 0 Å². The lowest BCUT2D eigenvalue weighted by Gasteiger charge is -2.34. The first-order valence-electron chi connectivity index (χ1n) is 10.3. The SMILES string of the molecule is [CH2]C(O)C(CCCC)(Oc1ccc(CCCCCCCC)cc1)C(C)=O. The van der Waals surface area contributed by atoms with Gasteiger partial charge in [0.15, 0.2) is 11.4 Å². The molecular formula is C23H37O3. The van der Waals surface area contributed by atoms with Crippen LogP contribution in [0.25, 0.3) is 0 Å². The number of ether oxygens (including phenoxy) is 1. The molecule has 1 aromatic rings. The summed E-state index contributed by atoms with van der Waals surface area (Å²) in [5.41, 5.74) is 0.0292. The zero-order chi connectivity index (χ0) is 19.4. The monoisotopic (exact) mass is 361 g/mol. The summed E-state index contributed by atoms with van der Waals surface area (Å²) < 4.78 is 5.99. The number of aliphatic hydroxyl groups is 1. The number of aryl methyl sites for hydroxylation is 1. The molecule has 0 aliphatic carbocycles. The van der Waals surface area contributed by atoms with Crippen molar-refractivity contribution >= 4 is 5.78 Å². The molecule has 2 atom stereocenters. The molecule has 0 fully saturated rings. The maximum absolute atomic E-state index is 12.2. The van der Waals surface area contributed by atoms with Crippen LogP contribution in [0.2, 0.25) is 0 Å². The molecule has 0 saturated heterocycles. The fourth-order valence-corrected chi connectivity index (χ4v) is 3.25. The Kier molecular flexibility index (Phi) is 10.6. The Balaban J connectivity index is 2.63. The molecule has 0 aliphatic heterocycles. The number of aliphatic hydroxyl groups excluding tert-OH is 1. The van der Waals surface area contributed by atoms with Gasteiger partial charge < -0.3 is 9.84 Å². The molecule has 3 heteroatoms. The molecule has 0 spiro atoms.